The number of hydrogen-bond acceptors (Lipinski definition) is 13. The van der Waals surface area contributed by atoms with E-state index in [1.807, 2.05) is 13.8 Å². The molecule has 33 heteroatoms. The van der Waals surface area contributed by atoms with Crippen molar-refractivity contribution in [2.24, 2.45) is 41.4 Å². The minimum atomic E-state index is -5.20. The van der Waals surface area contributed by atoms with Gasteiger partial charge in [0.2, 0.25) is 70.9 Å². The van der Waals surface area contributed by atoms with Gasteiger partial charge in [0.1, 0.15) is 72.1 Å². The highest BCUT2D eigenvalue weighted by molar-refractivity contribution is 6.01. The van der Waals surface area contributed by atoms with Crippen LogP contribution >= 0.6 is 0 Å². The molecule has 0 aromatic heterocycles. The molecule has 610 valence electrons. The van der Waals surface area contributed by atoms with Gasteiger partial charge in [-0.2, -0.15) is 26.3 Å². The van der Waals surface area contributed by atoms with Gasteiger partial charge >= 0.3 is 12.4 Å². The van der Waals surface area contributed by atoms with Crippen molar-refractivity contribution in [2.75, 3.05) is 94.8 Å². The summed E-state index contributed by atoms with van der Waals surface area (Å²) in [6.45, 7) is 6.07. The Hall–Kier alpha value is -6.96. The number of carbonyl (C=O) groups is 12. The van der Waals surface area contributed by atoms with Crippen LogP contribution in [0.4, 0.5) is 35.1 Å². The summed E-state index contributed by atoms with van der Waals surface area (Å²) in [5.41, 5.74) is -1.64. The number of fused-ring (bicyclic) bond motifs is 3. The van der Waals surface area contributed by atoms with Crippen LogP contribution in [-0.4, -0.2) is 288 Å². The van der Waals surface area contributed by atoms with Crippen LogP contribution in [0.3, 0.4) is 0 Å². The Bertz CT molecular complexity index is 3190. The van der Waals surface area contributed by atoms with Crippen LogP contribution in [0.25, 0.3) is 0 Å². The lowest BCUT2D eigenvalue weighted by molar-refractivity contribution is -0.219. The molecule has 4 saturated heterocycles. The highest BCUT2D eigenvalue weighted by Gasteiger charge is 2.56. The molecule has 0 aromatic carbocycles. The first kappa shape index (κ1) is 86.6. The first-order chi connectivity index (χ1) is 50.8. The average molecular weight is 1550 g/mol. The highest BCUT2D eigenvalue weighted by Crippen LogP contribution is 2.46. The molecular weight excluding hydrogens is 1430 g/mol. The van der Waals surface area contributed by atoms with Gasteiger partial charge in [0, 0.05) is 68.5 Å². The van der Waals surface area contributed by atoms with E-state index in [2.05, 4.69) is 16.0 Å². The van der Waals surface area contributed by atoms with Crippen molar-refractivity contribution < 1.29 is 97.4 Å². The zero-order valence-corrected chi connectivity index (χ0v) is 64.5. The molecule has 25 nitrogen and oxygen atoms in total. The van der Waals surface area contributed by atoms with Crippen LogP contribution in [0.2, 0.25) is 0 Å². The molecule has 3 N–H and O–H groups in total. The first-order valence-corrected chi connectivity index (χ1v) is 39.2. The van der Waals surface area contributed by atoms with Crippen LogP contribution in [0.1, 0.15) is 188 Å². The van der Waals surface area contributed by atoms with E-state index in [0.717, 1.165) is 14.7 Å². The lowest BCUT2D eigenvalue weighted by atomic mass is 9.74. The Kier molecular flexibility index (Phi) is 30.0. The van der Waals surface area contributed by atoms with Crippen LogP contribution in [0.5, 0.6) is 0 Å². The predicted molar refractivity (Wildman–Crippen MR) is 379 cm³/mol. The number of alkyl halides is 8. The van der Waals surface area contributed by atoms with Crippen LogP contribution < -0.4 is 16.0 Å². The molecule has 108 heavy (non-hydrogen) atoms. The van der Waals surface area contributed by atoms with Gasteiger partial charge < -0.3 is 64.8 Å². The van der Waals surface area contributed by atoms with E-state index in [9.17, 15) is 45.5 Å². The molecule has 2 unspecified atom stereocenters. The van der Waals surface area contributed by atoms with E-state index in [0.29, 0.717) is 57.8 Å². The summed E-state index contributed by atoms with van der Waals surface area (Å²) in [7, 11) is 8.14. The minimum absolute atomic E-state index is 0.0174. The maximum atomic E-state index is 15.7. The lowest BCUT2D eigenvalue weighted by Crippen LogP contribution is -2.68. The third kappa shape index (κ3) is 20.8. The largest absolute Gasteiger partial charge is 0.397 e. The van der Waals surface area contributed by atoms with Crippen molar-refractivity contribution in [3.63, 3.8) is 0 Å². The van der Waals surface area contributed by atoms with Gasteiger partial charge in [0.25, 0.3) is 0 Å². The Morgan fingerprint density at radius 2 is 1.17 bits per heavy atom. The smallest absolute Gasteiger partial charge is 0.378 e. The molecule has 8 aliphatic rings. The second kappa shape index (κ2) is 37.4. The zero-order valence-electron chi connectivity index (χ0n) is 64.5. The minimum Gasteiger partial charge on any atom is -0.378 e. The fraction of sp³-hybridized carbons (Fsp3) is 0.840. The van der Waals surface area contributed by atoms with E-state index in [1.165, 1.54) is 71.7 Å². The highest BCUT2D eigenvalue weighted by atomic mass is 19.4. The van der Waals surface area contributed by atoms with E-state index in [1.54, 1.807) is 13.8 Å². The van der Waals surface area contributed by atoms with Crippen LogP contribution in [0.15, 0.2) is 0 Å². The number of carbonyl (C=O) groups excluding carboxylic acids is 12. The fourth-order valence-corrected chi connectivity index (χ4v) is 17.7. The summed E-state index contributed by atoms with van der Waals surface area (Å²) >= 11 is 0. The normalized spacial score (nSPS) is 32.0. The fourth-order valence-electron chi connectivity index (χ4n) is 17.7. The van der Waals surface area contributed by atoms with Gasteiger partial charge in [-0.1, -0.05) is 59.8 Å². The average Bonchev–Trinajstić information content (AvgIpc) is 1.01. The molecule has 4 aliphatic carbocycles. The summed E-state index contributed by atoms with van der Waals surface area (Å²) in [6, 6.07) is -11.0. The summed E-state index contributed by atoms with van der Waals surface area (Å²) in [6.07, 6.45) is -13.5. The second-order valence-corrected chi connectivity index (χ2v) is 32.6. The van der Waals surface area contributed by atoms with E-state index in [-0.39, 0.29) is 122 Å². The zero-order chi connectivity index (χ0) is 79.6. The number of hydrogen-bond donors (Lipinski definition) is 3. The molecule has 0 radical (unpaired) electrons. The third-order valence-corrected chi connectivity index (χ3v) is 24.7. The number of morpholine rings is 1. The van der Waals surface area contributed by atoms with Gasteiger partial charge in [-0.3, -0.25) is 57.5 Å². The summed E-state index contributed by atoms with van der Waals surface area (Å²) < 4.78 is 121. The van der Waals surface area contributed by atoms with Crippen LogP contribution in [0, 0.1) is 41.4 Å². The number of likely N-dealkylation sites (N-methyl/N-ethyl adjacent to an activating group) is 6. The Morgan fingerprint density at radius 3 is 1.75 bits per heavy atom. The maximum Gasteiger partial charge on any atom is 0.397 e. The van der Waals surface area contributed by atoms with Crippen molar-refractivity contribution in [3.8, 4) is 0 Å². The number of ether oxygens (including phenoxy) is 1. The molecule has 2 bridgehead atoms. The van der Waals surface area contributed by atoms with Gasteiger partial charge in [0.15, 0.2) is 0 Å². The van der Waals surface area contributed by atoms with Crippen LogP contribution in [-0.2, 0) is 62.3 Å². The van der Waals surface area contributed by atoms with Gasteiger partial charge in [0.05, 0.1) is 38.6 Å². The number of nitrogens with one attached hydrogen (secondary N) is 3. The Balaban J connectivity index is 1.18. The first-order valence-electron chi connectivity index (χ1n) is 39.2. The van der Waals surface area contributed by atoms with Crippen molar-refractivity contribution in [3.05, 3.63) is 0 Å². The third-order valence-electron chi connectivity index (χ3n) is 24.7. The quantitative estimate of drug-likeness (QED) is 0.191. The van der Waals surface area contributed by atoms with Gasteiger partial charge in [-0.25, -0.2) is 8.78 Å². The van der Waals surface area contributed by atoms with E-state index in [4.69, 9.17) is 4.74 Å². The Labute approximate surface area is 629 Å². The molecule has 1 spiro atoms. The van der Waals surface area contributed by atoms with E-state index < -0.39 is 224 Å². The number of nitrogens with zero attached hydrogens (tertiary/aromatic N) is 9. The molecule has 12 amide bonds. The number of halogens is 8. The van der Waals surface area contributed by atoms with Crippen molar-refractivity contribution in [1.29, 1.82) is 0 Å². The summed E-state index contributed by atoms with van der Waals surface area (Å²) in [5.74, 6) is -16.4. The molecule has 4 aliphatic heterocycles. The van der Waals surface area contributed by atoms with Crippen molar-refractivity contribution >= 4 is 70.9 Å². The van der Waals surface area contributed by atoms with Gasteiger partial charge in [-0.05, 0) is 152 Å². The van der Waals surface area contributed by atoms with Crippen molar-refractivity contribution in [1.82, 2.24) is 60.0 Å². The summed E-state index contributed by atoms with van der Waals surface area (Å²) in [4.78, 5) is 192. The number of rotatable bonds is 11. The van der Waals surface area contributed by atoms with Gasteiger partial charge in [-0.15, -0.1) is 0 Å². The van der Waals surface area contributed by atoms with E-state index >= 15 is 47.1 Å². The SMILES string of the molecule is CC[C@H](C)[C@@H]1NC(=O)[C@H](CC(C)C)N(C)C(=O)C[C@@H](C(=O)N2CCOCC2)N(C)C(=O)[C@H](C2CCCC2)N(C)C(=O)C2(CCC2)NC(=O)[C@@H]2CCCN2C(=O)[C@H](CCC2CC(F)C(C(F)(F)F)C(F)C2)NC(=O)CN(C)C(=O)[C@H](CC2CCC(C(F)(F)F)CC2)N2CCCCC[C@@H](C2=O)N(C)C(=O)CN(C)C1=O. The molecule has 11 atom stereocenters. The topological polar surface area (TPSA) is 279 Å². The maximum absolute atomic E-state index is 15.7. The molecular formula is C75H116F8N12O13. The molecule has 8 fully saturated rings. The number of amides is 12. The molecule has 4 heterocycles. The van der Waals surface area contributed by atoms with Crippen molar-refractivity contribution in [2.45, 2.75) is 267 Å². The lowest BCUT2D eigenvalue weighted by Gasteiger charge is -2.47. The predicted octanol–water partition coefficient (Wildman–Crippen LogP) is 6.33. The standard InChI is InChI=1S/C75H116F8N12O13/c1-11-45(4)62-70(105)88(6)43-60(98)89(7)54-21-13-12-16-31-95(69(54)104)57(40-46-23-26-49(27-24-46)74(78,79)80)67(102)87(5)42-58(96)84-52(28-25-47-38-50(76)61(51(77)39-47)75(81,82)83)66(101)94-32-17-22-53(94)65(100)86-73(29-18-30-73)72(107)92(10)63(48-19-14-15-20-48)71(106)91(9)56(68(103)93-33-35-108-36-34-93)41-59(97)90(8)55(37-44(2)3)64(99)85-62/h44-57,61-63H,11-43H2,1-10H3,(H,84,96)(H,85,99)(H,86,100)/t45-,46?,47?,49?,50?,51?,52-,53-,54-,55-,56-,57-,61?,62-,63-/m0/s1. The Morgan fingerprint density at radius 1 is 0.565 bits per heavy atom. The summed E-state index contributed by atoms with van der Waals surface area (Å²) in [5, 5.41) is 8.45. The molecule has 0 aromatic rings. The molecule has 4 saturated carbocycles. The monoisotopic (exact) mass is 1540 g/mol. The molecule has 8 rings (SSSR count). The second-order valence-electron chi connectivity index (χ2n) is 32.6.